The van der Waals surface area contributed by atoms with Gasteiger partial charge in [-0.2, -0.15) is 5.21 Å². The largest absolute Gasteiger partial charge is 0.489 e. The lowest BCUT2D eigenvalue weighted by Crippen LogP contribution is -2.26. The summed E-state index contributed by atoms with van der Waals surface area (Å²) in [5, 5.41) is 15.2. The minimum absolute atomic E-state index is 0.00347. The summed E-state index contributed by atoms with van der Waals surface area (Å²) in [6, 6.07) is 19.2. The lowest BCUT2D eigenvalue weighted by molar-refractivity contribution is 0.306. The molecule has 2 aromatic heterocycles. The molecule has 0 unspecified atom stereocenters. The minimum atomic E-state index is -0.00347. The van der Waals surface area contributed by atoms with Crippen molar-refractivity contribution < 1.29 is 4.74 Å². The molecule has 5 rings (SSSR count). The number of hydrogen-bond donors (Lipinski definition) is 1. The first-order chi connectivity index (χ1) is 18.0. The lowest BCUT2D eigenvalue weighted by atomic mass is 10.1. The molecule has 9 heteroatoms. The highest BCUT2D eigenvalue weighted by Gasteiger charge is 2.14. The van der Waals surface area contributed by atoms with Crippen molar-refractivity contribution in [2.75, 3.05) is 0 Å². The molecule has 2 heterocycles. The zero-order chi connectivity index (χ0) is 25.8. The van der Waals surface area contributed by atoms with E-state index in [4.69, 9.17) is 21.3 Å². The van der Waals surface area contributed by atoms with Gasteiger partial charge in [-0.3, -0.25) is 9.36 Å². The number of fused-ring (bicyclic) bond motifs is 1. The molecular weight excluding hydrogens is 488 g/mol. The quantitative estimate of drug-likeness (QED) is 0.278. The van der Waals surface area contributed by atoms with Crippen LogP contribution in [0.1, 0.15) is 42.3 Å². The van der Waals surface area contributed by atoms with Crippen LogP contribution in [0.2, 0.25) is 5.02 Å². The predicted molar refractivity (Wildman–Crippen MR) is 144 cm³/mol. The van der Waals surface area contributed by atoms with Gasteiger partial charge in [0.1, 0.15) is 18.2 Å². The summed E-state index contributed by atoms with van der Waals surface area (Å²) in [6.45, 7) is 4.87. The molecule has 0 amide bonds. The van der Waals surface area contributed by atoms with Gasteiger partial charge in [-0.15, -0.1) is 10.2 Å². The summed E-state index contributed by atoms with van der Waals surface area (Å²) >= 11 is 6.56. The number of tetrazole rings is 1. The zero-order valence-corrected chi connectivity index (χ0v) is 21.5. The first-order valence-corrected chi connectivity index (χ1v) is 12.6. The van der Waals surface area contributed by atoms with E-state index in [2.05, 4.69) is 27.5 Å². The van der Waals surface area contributed by atoms with Crippen LogP contribution in [0.15, 0.2) is 65.5 Å². The van der Waals surface area contributed by atoms with E-state index in [0.29, 0.717) is 40.7 Å². The van der Waals surface area contributed by atoms with Crippen LogP contribution in [0.3, 0.4) is 0 Å². The Morgan fingerprint density at radius 2 is 1.92 bits per heavy atom. The minimum Gasteiger partial charge on any atom is -0.489 e. The molecule has 0 aliphatic carbocycles. The second-order valence-corrected chi connectivity index (χ2v) is 9.37. The fraction of sp³-hybridized carbons (Fsp3) is 0.250. The number of ether oxygens (including phenoxy) is 1. The van der Waals surface area contributed by atoms with E-state index in [1.807, 2.05) is 67.6 Å². The van der Waals surface area contributed by atoms with Crippen molar-refractivity contribution in [1.29, 1.82) is 0 Å². The molecule has 0 fully saturated rings. The fourth-order valence-electron chi connectivity index (χ4n) is 4.24. The van der Waals surface area contributed by atoms with E-state index in [0.717, 1.165) is 47.3 Å². The number of aromatic nitrogens is 6. The maximum absolute atomic E-state index is 13.4. The van der Waals surface area contributed by atoms with Crippen LogP contribution in [0.25, 0.3) is 22.3 Å². The highest BCUT2D eigenvalue weighted by atomic mass is 35.5. The molecule has 0 bridgehead atoms. The van der Waals surface area contributed by atoms with Gasteiger partial charge in [0.2, 0.25) is 5.82 Å². The molecule has 0 radical (unpaired) electrons. The van der Waals surface area contributed by atoms with E-state index in [9.17, 15) is 4.79 Å². The van der Waals surface area contributed by atoms with Crippen LogP contribution in [0.5, 0.6) is 5.75 Å². The number of aryl methyl sites for hydroxylation is 2. The molecule has 3 aromatic carbocycles. The molecule has 0 aliphatic heterocycles. The van der Waals surface area contributed by atoms with Crippen molar-refractivity contribution in [1.82, 2.24) is 30.2 Å². The molecular formula is C28H27ClN6O2. The number of halogens is 1. The van der Waals surface area contributed by atoms with Crippen LogP contribution in [0.4, 0.5) is 0 Å². The third-order valence-corrected chi connectivity index (χ3v) is 6.71. The van der Waals surface area contributed by atoms with E-state index >= 15 is 0 Å². The van der Waals surface area contributed by atoms with Gasteiger partial charge >= 0.3 is 0 Å². The monoisotopic (exact) mass is 514 g/mol. The third-order valence-electron chi connectivity index (χ3n) is 6.27. The molecule has 1 N–H and O–H groups in total. The van der Waals surface area contributed by atoms with Gasteiger partial charge < -0.3 is 4.74 Å². The van der Waals surface area contributed by atoms with Crippen molar-refractivity contribution in [3.8, 4) is 17.1 Å². The molecule has 0 saturated heterocycles. The summed E-state index contributed by atoms with van der Waals surface area (Å²) in [6.07, 6.45) is 2.78. The lowest BCUT2D eigenvalue weighted by Gasteiger charge is -2.14. The number of nitrogens with zero attached hydrogens (tertiary/aromatic N) is 5. The molecule has 0 atom stereocenters. The van der Waals surface area contributed by atoms with E-state index in [1.54, 1.807) is 4.57 Å². The molecule has 8 nitrogen and oxygen atoms in total. The van der Waals surface area contributed by atoms with Crippen LogP contribution < -0.4 is 10.3 Å². The summed E-state index contributed by atoms with van der Waals surface area (Å²) in [5.41, 5.74) is 4.30. The number of rotatable bonds is 9. The Morgan fingerprint density at radius 3 is 2.68 bits per heavy atom. The van der Waals surface area contributed by atoms with Gasteiger partial charge in [-0.25, -0.2) is 4.98 Å². The van der Waals surface area contributed by atoms with Gasteiger partial charge in [0, 0.05) is 17.5 Å². The standard InChI is InChI=1S/C28H27ClN6O2/c1-3-4-8-25-30-24-14-9-18(2)15-23(24)28(36)35(25)16-19-10-12-21(13-11-19)37-17-20-6-5-7-22(26(20)29)27-31-33-34-32-27/h5-7,9-15H,3-4,8,16-17H2,1-2H3,(H,31,32,33,34). The molecule has 0 spiro atoms. The Hall–Kier alpha value is -4.04. The number of H-pyrrole nitrogens is 1. The van der Waals surface area contributed by atoms with Crippen molar-refractivity contribution in [2.45, 2.75) is 46.3 Å². The molecule has 0 aliphatic rings. The Kier molecular flexibility index (Phi) is 7.28. The smallest absolute Gasteiger partial charge is 0.261 e. The van der Waals surface area contributed by atoms with Gasteiger partial charge in [0.15, 0.2) is 0 Å². The van der Waals surface area contributed by atoms with Crippen LogP contribution in [-0.4, -0.2) is 30.2 Å². The Labute approximate surface area is 219 Å². The number of benzene rings is 3. The SMILES string of the molecule is CCCCc1nc2ccc(C)cc2c(=O)n1Cc1ccc(OCc2cccc(-c3nn[nH]n3)c2Cl)cc1. The highest BCUT2D eigenvalue weighted by molar-refractivity contribution is 6.34. The molecule has 37 heavy (non-hydrogen) atoms. The normalized spacial score (nSPS) is 11.2. The van der Waals surface area contributed by atoms with Gasteiger partial charge in [0.05, 0.1) is 22.5 Å². The summed E-state index contributed by atoms with van der Waals surface area (Å²) in [5.74, 6) is 1.96. The second-order valence-electron chi connectivity index (χ2n) is 8.99. The van der Waals surface area contributed by atoms with Crippen LogP contribution in [0, 0.1) is 6.92 Å². The Morgan fingerprint density at radius 1 is 1.08 bits per heavy atom. The first kappa shape index (κ1) is 24.6. The van der Waals surface area contributed by atoms with Crippen LogP contribution in [-0.2, 0) is 19.6 Å². The van der Waals surface area contributed by atoms with E-state index < -0.39 is 0 Å². The molecule has 188 valence electrons. The maximum atomic E-state index is 13.4. The molecule has 5 aromatic rings. The van der Waals surface area contributed by atoms with Crippen molar-refractivity contribution in [3.63, 3.8) is 0 Å². The number of nitrogens with one attached hydrogen (secondary N) is 1. The number of aromatic amines is 1. The first-order valence-electron chi connectivity index (χ1n) is 12.3. The van der Waals surface area contributed by atoms with Crippen molar-refractivity contribution >= 4 is 22.5 Å². The predicted octanol–water partition coefficient (Wildman–Crippen LogP) is 5.51. The second kappa shape index (κ2) is 10.9. The number of unbranched alkanes of at least 4 members (excludes halogenated alkanes) is 1. The van der Waals surface area contributed by atoms with Gasteiger partial charge in [0.25, 0.3) is 5.56 Å². The maximum Gasteiger partial charge on any atom is 0.261 e. The average molecular weight is 515 g/mol. The summed E-state index contributed by atoms with van der Waals surface area (Å²) < 4.78 is 7.79. The highest BCUT2D eigenvalue weighted by Crippen LogP contribution is 2.29. The van der Waals surface area contributed by atoms with Crippen molar-refractivity contribution in [2.24, 2.45) is 0 Å². The molecule has 0 saturated carbocycles. The Bertz CT molecular complexity index is 1580. The summed E-state index contributed by atoms with van der Waals surface area (Å²) in [7, 11) is 0. The van der Waals surface area contributed by atoms with Gasteiger partial charge in [-0.05, 0) is 54.5 Å². The average Bonchev–Trinajstić information content (AvgIpc) is 3.45. The zero-order valence-electron chi connectivity index (χ0n) is 20.7. The van der Waals surface area contributed by atoms with Crippen LogP contribution >= 0.6 is 11.6 Å². The fourth-order valence-corrected chi connectivity index (χ4v) is 4.51. The van der Waals surface area contributed by atoms with E-state index in [-0.39, 0.29) is 5.56 Å². The topological polar surface area (TPSA) is 98.6 Å². The van der Waals surface area contributed by atoms with Crippen molar-refractivity contribution in [3.05, 3.63) is 98.6 Å². The third kappa shape index (κ3) is 5.39. The Balaban J connectivity index is 1.34. The van der Waals surface area contributed by atoms with E-state index in [1.165, 1.54) is 0 Å². The van der Waals surface area contributed by atoms with Gasteiger partial charge in [-0.1, -0.05) is 60.8 Å². The number of hydrogen-bond acceptors (Lipinski definition) is 6. The summed E-state index contributed by atoms with van der Waals surface area (Å²) in [4.78, 5) is 18.2.